The third-order valence-corrected chi connectivity index (χ3v) is 3.90. The van der Waals surface area contributed by atoms with Crippen molar-refractivity contribution in [2.45, 2.75) is 6.42 Å². The molecule has 0 aliphatic carbocycles. The second-order valence-corrected chi connectivity index (χ2v) is 5.67. The van der Waals surface area contributed by atoms with Gasteiger partial charge in [0, 0.05) is 12.2 Å². The highest BCUT2D eigenvalue weighted by Crippen LogP contribution is 2.25. The lowest BCUT2D eigenvalue weighted by molar-refractivity contribution is 0.0995. The van der Waals surface area contributed by atoms with Crippen LogP contribution >= 0.6 is 0 Å². The number of aromatic nitrogens is 1. The number of aliphatic hydroxyl groups excluding tert-OH is 1. The molecule has 0 unspecified atom stereocenters. The maximum absolute atomic E-state index is 13.0. The zero-order valence-corrected chi connectivity index (χ0v) is 13.4. The molecule has 0 fully saturated rings. The lowest BCUT2D eigenvalue weighted by Gasteiger charge is -2.08. The van der Waals surface area contributed by atoms with Crippen molar-refractivity contribution in [2.75, 3.05) is 6.61 Å². The number of primary amides is 1. The van der Waals surface area contributed by atoms with E-state index in [0.29, 0.717) is 12.1 Å². The van der Waals surface area contributed by atoms with Crippen LogP contribution in [0.15, 0.2) is 60.7 Å². The third kappa shape index (κ3) is 3.89. The molecule has 1 heterocycles. The van der Waals surface area contributed by atoms with Crippen LogP contribution in [0.3, 0.4) is 0 Å². The fraction of sp³-hybridized carbons (Fsp3) is 0.100. The maximum Gasteiger partial charge on any atom is 0.267 e. The normalized spacial score (nSPS) is 10.6. The molecule has 3 rings (SSSR count). The van der Waals surface area contributed by atoms with Crippen LogP contribution in [0.5, 0.6) is 0 Å². The summed E-state index contributed by atoms with van der Waals surface area (Å²) < 4.78 is 13.0. The first-order chi connectivity index (χ1) is 12.1. The van der Waals surface area contributed by atoms with Crippen LogP contribution in [0.1, 0.15) is 16.1 Å². The lowest BCUT2D eigenvalue weighted by Crippen LogP contribution is -2.14. The Labute approximate surface area is 144 Å². The summed E-state index contributed by atoms with van der Waals surface area (Å²) in [6.45, 7) is -0.0227. The number of halogens is 1. The van der Waals surface area contributed by atoms with E-state index in [2.05, 4.69) is 4.98 Å². The molecule has 0 saturated heterocycles. The molecule has 0 spiro atoms. The minimum atomic E-state index is -0.607. The second kappa shape index (κ2) is 7.23. The molecule has 1 aromatic heterocycles. The number of nitrogens with zero attached hydrogens (tertiary/aromatic N) is 1. The first-order valence-electron chi connectivity index (χ1n) is 7.85. The summed E-state index contributed by atoms with van der Waals surface area (Å²) in [7, 11) is 0. The number of nitrogens with two attached hydrogens (primary N) is 1. The van der Waals surface area contributed by atoms with E-state index in [1.807, 2.05) is 30.3 Å². The van der Waals surface area contributed by atoms with Crippen LogP contribution in [0.4, 0.5) is 4.39 Å². The molecule has 126 valence electrons. The Bertz CT molecular complexity index is 891. The van der Waals surface area contributed by atoms with Crippen LogP contribution < -0.4 is 5.73 Å². The number of aliphatic hydroxyl groups is 1. The van der Waals surface area contributed by atoms with Crippen molar-refractivity contribution in [2.24, 2.45) is 5.73 Å². The van der Waals surface area contributed by atoms with Gasteiger partial charge in [-0.15, -0.1) is 0 Å². The zero-order chi connectivity index (χ0) is 17.8. The average molecular weight is 336 g/mol. The van der Waals surface area contributed by atoms with Crippen molar-refractivity contribution in [3.05, 3.63) is 77.7 Å². The van der Waals surface area contributed by atoms with Crippen molar-refractivity contribution in [3.63, 3.8) is 0 Å². The topological polar surface area (TPSA) is 76.2 Å². The molecule has 2 aromatic carbocycles. The third-order valence-electron chi connectivity index (χ3n) is 3.90. The quantitative estimate of drug-likeness (QED) is 0.751. The molecule has 0 radical (unpaired) electrons. The Morgan fingerprint density at radius 2 is 1.52 bits per heavy atom. The van der Waals surface area contributed by atoms with E-state index < -0.39 is 5.91 Å². The standard InChI is InChI=1S/C20H17FN2O2/c21-17-7-5-15(6-8-17)14-1-3-16(4-2-14)18-11-13(9-10-24)12-19(23-18)20(22)25/h1-8,11-12,24H,9-10H2,(H2,22,25). The van der Waals surface area contributed by atoms with Gasteiger partial charge in [0.15, 0.2) is 0 Å². The summed E-state index contributed by atoms with van der Waals surface area (Å²) in [5.74, 6) is -0.881. The summed E-state index contributed by atoms with van der Waals surface area (Å²) in [6.07, 6.45) is 0.420. The number of pyridine rings is 1. The Kier molecular flexibility index (Phi) is 4.86. The Balaban J connectivity index is 1.96. The van der Waals surface area contributed by atoms with Crippen LogP contribution in [-0.4, -0.2) is 22.6 Å². The Morgan fingerprint density at radius 3 is 2.08 bits per heavy atom. The molecule has 0 aliphatic heterocycles. The highest BCUT2D eigenvalue weighted by molar-refractivity contribution is 5.91. The van der Waals surface area contributed by atoms with Gasteiger partial charge in [-0.25, -0.2) is 9.37 Å². The number of benzene rings is 2. The molecule has 5 heteroatoms. The summed E-state index contributed by atoms with van der Waals surface area (Å²) in [6, 6.07) is 17.3. The van der Waals surface area contributed by atoms with E-state index in [9.17, 15) is 9.18 Å². The molecule has 0 aliphatic rings. The van der Waals surface area contributed by atoms with Crippen molar-refractivity contribution in [1.29, 1.82) is 0 Å². The smallest absolute Gasteiger partial charge is 0.267 e. The van der Waals surface area contributed by atoms with Crippen molar-refractivity contribution in [3.8, 4) is 22.4 Å². The van der Waals surface area contributed by atoms with Crippen LogP contribution in [-0.2, 0) is 6.42 Å². The van der Waals surface area contributed by atoms with Gasteiger partial charge in [0.05, 0.1) is 5.69 Å². The molecule has 0 atom stereocenters. The van der Waals surface area contributed by atoms with Gasteiger partial charge in [-0.3, -0.25) is 4.79 Å². The van der Waals surface area contributed by atoms with Gasteiger partial charge in [-0.2, -0.15) is 0 Å². The largest absolute Gasteiger partial charge is 0.396 e. The summed E-state index contributed by atoms with van der Waals surface area (Å²) >= 11 is 0. The summed E-state index contributed by atoms with van der Waals surface area (Å²) in [5, 5.41) is 9.13. The van der Waals surface area contributed by atoms with Gasteiger partial charge in [0.25, 0.3) is 5.91 Å². The molecular formula is C20H17FN2O2. The van der Waals surface area contributed by atoms with Gasteiger partial charge in [-0.1, -0.05) is 36.4 Å². The van der Waals surface area contributed by atoms with E-state index >= 15 is 0 Å². The van der Waals surface area contributed by atoms with Gasteiger partial charge < -0.3 is 10.8 Å². The SMILES string of the molecule is NC(=O)c1cc(CCO)cc(-c2ccc(-c3ccc(F)cc3)cc2)n1. The van der Waals surface area contributed by atoms with Crippen LogP contribution in [0, 0.1) is 5.82 Å². The summed E-state index contributed by atoms with van der Waals surface area (Å²) in [5.41, 5.74) is 9.61. The van der Waals surface area contributed by atoms with Crippen LogP contribution in [0.25, 0.3) is 22.4 Å². The van der Waals surface area contributed by atoms with Crippen molar-refractivity contribution >= 4 is 5.91 Å². The van der Waals surface area contributed by atoms with Gasteiger partial charge >= 0.3 is 0 Å². The molecule has 0 saturated carbocycles. The second-order valence-electron chi connectivity index (χ2n) is 5.67. The molecule has 1 amide bonds. The van der Waals surface area contributed by atoms with Crippen molar-refractivity contribution in [1.82, 2.24) is 4.98 Å². The number of carbonyl (C=O) groups is 1. The molecule has 0 bridgehead atoms. The van der Waals surface area contributed by atoms with E-state index in [4.69, 9.17) is 10.8 Å². The lowest BCUT2D eigenvalue weighted by atomic mass is 10.0. The number of carbonyl (C=O) groups excluding carboxylic acids is 1. The number of hydrogen-bond acceptors (Lipinski definition) is 3. The minimum Gasteiger partial charge on any atom is -0.396 e. The average Bonchev–Trinajstić information content (AvgIpc) is 2.62. The summed E-state index contributed by atoms with van der Waals surface area (Å²) in [4.78, 5) is 15.8. The van der Waals surface area contributed by atoms with Gasteiger partial charge in [0.2, 0.25) is 0 Å². The van der Waals surface area contributed by atoms with Gasteiger partial charge in [-0.05, 0) is 47.4 Å². The fourth-order valence-corrected chi connectivity index (χ4v) is 2.61. The fourth-order valence-electron chi connectivity index (χ4n) is 2.61. The van der Waals surface area contributed by atoms with Crippen molar-refractivity contribution < 1.29 is 14.3 Å². The molecule has 25 heavy (non-hydrogen) atoms. The van der Waals surface area contributed by atoms with Crippen LogP contribution in [0.2, 0.25) is 0 Å². The molecule has 4 nitrogen and oxygen atoms in total. The molecule has 3 aromatic rings. The predicted octanol–water partition coefficient (Wildman–Crippen LogP) is 3.19. The van der Waals surface area contributed by atoms with E-state index in [1.54, 1.807) is 18.2 Å². The number of amides is 1. The predicted molar refractivity (Wildman–Crippen MR) is 94.4 cm³/mol. The molecular weight excluding hydrogens is 319 g/mol. The minimum absolute atomic E-state index is 0.0227. The van der Waals surface area contributed by atoms with Gasteiger partial charge in [0.1, 0.15) is 11.5 Å². The Morgan fingerprint density at radius 1 is 0.960 bits per heavy atom. The molecule has 3 N–H and O–H groups in total. The van der Waals surface area contributed by atoms with E-state index in [0.717, 1.165) is 22.3 Å². The van der Waals surface area contributed by atoms with E-state index in [-0.39, 0.29) is 18.1 Å². The highest BCUT2D eigenvalue weighted by atomic mass is 19.1. The Hall–Kier alpha value is -3.05. The highest BCUT2D eigenvalue weighted by Gasteiger charge is 2.09. The first kappa shape index (κ1) is 16.8. The zero-order valence-electron chi connectivity index (χ0n) is 13.4. The number of hydrogen-bond donors (Lipinski definition) is 2. The monoisotopic (exact) mass is 336 g/mol. The first-order valence-corrected chi connectivity index (χ1v) is 7.85. The maximum atomic E-state index is 13.0. The van der Waals surface area contributed by atoms with E-state index in [1.165, 1.54) is 12.1 Å². The number of rotatable bonds is 5.